The number of nitrogen functional groups attached to an aromatic ring is 1. The van der Waals surface area contributed by atoms with Gasteiger partial charge < -0.3 is 16.0 Å². The summed E-state index contributed by atoms with van der Waals surface area (Å²) in [5, 5.41) is 2.87. The lowest BCUT2D eigenvalue weighted by Gasteiger charge is -2.05. The molecular formula is C15H14N4O. The number of H-pyrrole nitrogens is 1. The summed E-state index contributed by atoms with van der Waals surface area (Å²) in [6.45, 7) is 0. The Hall–Kier alpha value is -2.82. The Labute approximate surface area is 115 Å². The van der Waals surface area contributed by atoms with Gasteiger partial charge >= 0.3 is 0 Å². The molecule has 1 heterocycles. The normalized spacial score (nSPS) is 10.6. The van der Waals surface area contributed by atoms with Crippen LogP contribution in [0.5, 0.6) is 0 Å². The molecule has 0 aliphatic carbocycles. The first-order valence-electron chi connectivity index (χ1n) is 6.28. The lowest BCUT2D eigenvalue weighted by atomic mass is 10.1. The summed E-state index contributed by atoms with van der Waals surface area (Å²) >= 11 is 0. The predicted molar refractivity (Wildman–Crippen MR) is 79.3 cm³/mol. The minimum absolute atomic E-state index is 0.0614. The molecule has 0 radical (unpaired) electrons. The van der Waals surface area contributed by atoms with Crippen LogP contribution < -0.4 is 11.1 Å². The SMILES string of the molecule is Nc1ccc(CC(=O)Nc2ccc3nc[nH]c3c2)cc1. The molecule has 4 N–H and O–H groups in total. The van der Waals surface area contributed by atoms with Gasteiger partial charge in [0.1, 0.15) is 0 Å². The molecule has 0 aliphatic rings. The second kappa shape index (κ2) is 5.05. The number of imidazole rings is 1. The molecule has 2 aromatic carbocycles. The zero-order chi connectivity index (χ0) is 13.9. The first-order valence-corrected chi connectivity index (χ1v) is 6.28. The topological polar surface area (TPSA) is 83.8 Å². The van der Waals surface area contributed by atoms with Gasteiger partial charge in [0.2, 0.25) is 5.91 Å². The van der Waals surface area contributed by atoms with E-state index >= 15 is 0 Å². The van der Waals surface area contributed by atoms with E-state index in [1.807, 2.05) is 30.3 Å². The fourth-order valence-electron chi connectivity index (χ4n) is 2.04. The number of benzene rings is 2. The van der Waals surface area contributed by atoms with Crippen molar-refractivity contribution in [3.63, 3.8) is 0 Å². The van der Waals surface area contributed by atoms with Crippen molar-refractivity contribution in [2.75, 3.05) is 11.1 Å². The van der Waals surface area contributed by atoms with Gasteiger partial charge in [0, 0.05) is 11.4 Å². The molecule has 0 saturated heterocycles. The Morgan fingerprint density at radius 2 is 2.00 bits per heavy atom. The maximum Gasteiger partial charge on any atom is 0.228 e. The van der Waals surface area contributed by atoms with Gasteiger partial charge in [-0.15, -0.1) is 0 Å². The molecule has 3 rings (SSSR count). The molecule has 1 amide bonds. The number of hydrogen-bond donors (Lipinski definition) is 3. The minimum Gasteiger partial charge on any atom is -0.399 e. The minimum atomic E-state index is -0.0614. The van der Waals surface area contributed by atoms with Crippen LogP contribution in [0.2, 0.25) is 0 Å². The molecule has 0 atom stereocenters. The number of anilines is 2. The summed E-state index contributed by atoms with van der Waals surface area (Å²) < 4.78 is 0. The number of nitrogens with two attached hydrogens (primary N) is 1. The van der Waals surface area contributed by atoms with E-state index in [0.717, 1.165) is 22.3 Å². The van der Waals surface area contributed by atoms with Gasteiger partial charge in [0.05, 0.1) is 23.8 Å². The van der Waals surface area contributed by atoms with E-state index in [2.05, 4.69) is 15.3 Å². The van der Waals surface area contributed by atoms with Crippen molar-refractivity contribution in [3.05, 3.63) is 54.4 Å². The number of carbonyl (C=O) groups is 1. The van der Waals surface area contributed by atoms with Crippen LogP contribution in [0.1, 0.15) is 5.56 Å². The van der Waals surface area contributed by atoms with Crippen LogP contribution >= 0.6 is 0 Å². The molecule has 0 bridgehead atoms. The van der Waals surface area contributed by atoms with Crippen LogP contribution in [-0.4, -0.2) is 15.9 Å². The number of aromatic nitrogens is 2. The molecule has 1 aromatic heterocycles. The lowest BCUT2D eigenvalue weighted by molar-refractivity contribution is -0.115. The van der Waals surface area contributed by atoms with E-state index < -0.39 is 0 Å². The zero-order valence-corrected chi connectivity index (χ0v) is 10.8. The quantitative estimate of drug-likeness (QED) is 0.636. The summed E-state index contributed by atoms with van der Waals surface area (Å²) in [7, 11) is 0. The number of carbonyl (C=O) groups excluding carboxylic acids is 1. The van der Waals surface area contributed by atoms with Crippen LogP contribution in [0.3, 0.4) is 0 Å². The van der Waals surface area contributed by atoms with Crippen molar-refractivity contribution < 1.29 is 4.79 Å². The van der Waals surface area contributed by atoms with Crippen LogP contribution in [0.15, 0.2) is 48.8 Å². The number of nitrogens with one attached hydrogen (secondary N) is 2. The molecular weight excluding hydrogens is 252 g/mol. The maximum atomic E-state index is 12.0. The van der Waals surface area contributed by atoms with Crippen molar-refractivity contribution in [2.24, 2.45) is 0 Å². The third kappa shape index (κ3) is 2.61. The summed E-state index contributed by atoms with van der Waals surface area (Å²) in [6, 6.07) is 12.9. The van der Waals surface area contributed by atoms with Crippen LogP contribution in [0.4, 0.5) is 11.4 Å². The Bertz CT molecular complexity index is 746. The Morgan fingerprint density at radius 3 is 2.80 bits per heavy atom. The third-order valence-corrected chi connectivity index (χ3v) is 3.05. The standard InChI is InChI=1S/C15H14N4O/c16-11-3-1-10(2-4-11)7-15(20)19-12-5-6-13-14(8-12)18-9-17-13/h1-6,8-9H,7,16H2,(H,17,18)(H,19,20). The van der Waals surface area contributed by atoms with Gasteiger partial charge in [0.25, 0.3) is 0 Å². The smallest absolute Gasteiger partial charge is 0.228 e. The first kappa shape index (κ1) is 12.2. The van der Waals surface area contributed by atoms with Crippen LogP contribution in [0, 0.1) is 0 Å². The monoisotopic (exact) mass is 266 g/mol. The fraction of sp³-hybridized carbons (Fsp3) is 0.0667. The highest BCUT2D eigenvalue weighted by Gasteiger charge is 2.05. The van der Waals surface area contributed by atoms with Gasteiger partial charge in [-0.25, -0.2) is 4.98 Å². The van der Waals surface area contributed by atoms with E-state index in [1.165, 1.54) is 0 Å². The van der Waals surface area contributed by atoms with E-state index in [9.17, 15) is 4.79 Å². The largest absolute Gasteiger partial charge is 0.399 e. The third-order valence-electron chi connectivity index (χ3n) is 3.05. The Balaban J connectivity index is 1.70. The van der Waals surface area contributed by atoms with Crippen molar-refractivity contribution in [3.8, 4) is 0 Å². The number of nitrogens with zero attached hydrogens (tertiary/aromatic N) is 1. The van der Waals surface area contributed by atoms with E-state index in [-0.39, 0.29) is 5.91 Å². The fourth-order valence-corrected chi connectivity index (χ4v) is 2.04. The lowest BCUT2D eigenvalue weighted by Crippen LogP contribution is -2.14. The average molecular weight is 266 g/mol. The van der Waals surface area contributed by atoms with Crippen molar-refractivity contribution in [2.45, 2.75) is 6.42 Å². The van der Waals surface area contributed by atoms with Crippen molar-refractivity contribution in [1.29, 1.82) is 0 Å². The van der Waals surface area contributed by atoms with Crippen LogP contribution in [-0.2, 0) is 11.2 Å². The number of hydrogen-bond acceptors (Lipinski definition) is 3. The van der Waals surface area contributed by atoms with Gasteiger partial charge in [-0.05, 0) is 35.9 Å². The molecule has 0 saturated carbocycles. The summed E-state index contributed by atoms with van der Waals surface area (Å²) in [6.07, 6.45) is 1.95. The highest BCUT2D eigenvalue weighted by Crippen LogP contribution is 2.16. The number of fused-ring (bicyclic) bond motifs is 1. The van der Waals surface area contributed by atoms with Gasteiger partial charge in [-0.2, -0.15) is 0 Å². The van der Waals surface area contributed by atoms with Gasteiger partial charge in [-0.3, -0.25) is 4.79 Å². The molecule has 5 heteroatoms. The molecule has 20 heavy (non-hydrogen) atoms. The number of rotatable bonds is 3. The first-order chi connectivity index (χ1) is 9.70. The van der Waals surface area contributed by atoms with E-state index in [4.69, 9.17) is 5.73 Å². The van der Waals surface area contributed by atoms with E-state index in [1.54, 1.807) is 18.5 Å². The maximum absolute atomic E-state index is 12.0. The Kier molecular flexibility index (Phi) is 3.09. The van der Waals surface area contributed by atoms with Gasteiger partial charge in [-0.1, -0.05) is 12.1 Å². The molecule has 3 aromatic rings. The van der Waals surface area contributed by atoms with Crippen LogP contribution in [0.25, 0.3) is 11.0 Å². The second-order valence-electron chi connectivity index (χ2n) is 4.60. The van der Waals surface area contributed by atoms with Gasteiger partial charge in [0.15, 0.2) is 0 Å². The molecule has 0 spiro atoms. The second-order valence-corrected chi connectivity index (χ2v) is 4.60. The van der Waals surface area contributed by atoms with E-state index in [0.29, 0.717) is 12.1 Å². The summed E-state index contributed by atoms with van der Waals surface area (Å²) in [4.78, 5) is 19.1. The van der Waals surface area contributed by atoms with Crippen molar-refractivity contribution in [1.82, 2.24) is 9.97 Å². The molecule has 100 valence electrons. The number of aromatic amines is 1. The summed E-state index contributed by atoms with van der Waals surface area (Å²) in [5.74, 6) is -0.0614. The summed E-state index contributed by atoms with van der Waals surface area (Å²) in [5.41, 5.74) is 9.76. The highest BCUT2D eigenvalue weighted by atomic mass is 16.1. The predicted octanol–water partition coefficient (Wildman–Crippen LogP) is 2.33. The number of amides is 1. The molecule has 0 unspecified atom stereocenters. The zero-order valence-electron chi connectivity index (χ0n) is 10.8. The molecule has 0 fully saturated rings. The molecule has 5 nitrogen and oxygen atoms in total. The highest BCUT2D eigenvalue weighted by molar-refractivity contribution is 5.94. The van der Waals surface area contributed by atoms with Crippen molar-refractivity contribution >= 4 is 28.3 Å². The molecule has 0 aliphatic heterocycles. The average Bonchev–Trinajstić information content (AvgIpc) is 2.89. The Morgan fingerprint density at radius 1 is 1.20 bits per heavy atom.